The molecule has 3 aromatic rings. The first-order valence-corrected chi connectivity index (χ1v) is 10.8. The molecule has 0 spiro atoms. The van der Waals surface area contributed by atoms with E-state index in [1.807, 2.05) is 41.9 Å². The molecule has 1 saturated carbocycles. The minimum atomic E-state index is 0.528. The zero-order valence-corrected chi connectivity index (χ0v) is 17.3. The number of para-hydroxylation sites is 1. The number of hydrogen-bond donors (Lipinski definition) is 0. The van der Waals surface area contributed by atoms with Crippen LogP contribution in [-0.4, -0.2) is 24.5 Å². The van der Waals surface area contributed by atoms with E-state index < -0.39 is 0 Å². The van der Waals surface area contributed by atoms with Crippen LogP contribution in [0.1, 0.15) is 55.2 Å². The molecule has 0 radical (unpaired) electrons. The van der Waals surface area contributed by atoms with Crippen molar-refractivity contribution in [2.45, 2.75) is 62.9 Å². The molecule has 0 aliphatic heterocycles. The molecule has 142 valence electrons. The molecule has 1 aromatic carbocycles. The highest BCUT2D eigenvalue weighted by molar-refractivity contribution is 7.98. The minimum absolute atomic E-state index is 0.528. The molecular formula is C20H24ClN5S. The molecule has 4 rings (SSSR count). The summed E-state index contributed by atoms with van der Waals surface area (Å²) >= 11 is 8.37. The number of benzene rings is 1. The molecule has 1 aliphatic carbocycles. The third-order valence-corrected chi connectivity index (χ3v) is 6.60. The maximum absolute atomic E-state index is 6.67. The fourth-order valence-electron chi connectivity index (χ4n) is 3.78. The predicted molar refractivity (Wildman–Crippen MR) is 110 cm³/mol. The number of aromatic nitrogens is 5. The van der Waals surface area contributed by atoms with Crippen molar-refractivity contribution in [2.24, 2.45) is 0 Å². The van der Waals surface area contributed by atoms with Crippen LogP contribution in [-0.2, 0) is 5.75 Å². The maximum atomic E-state index is 6.67. The van der Waals surface area contributed by atoms with Gasteiger partial charge in [-0.05, 0) is 38.8 Å². The Morgan fingerprint density at radius 2 is 1.81 bits per heavy atom. The number of halogens is 1. The molecule has 0 saturated heterocycles. The fourth-order valence-corrected chi connectivity index (χ4v) is 5.34. The summed E-state index contributed by atoms with van der Waals surface area (Å²) in [4.78, 5) is 0. The van der Waals surface area contributed by atoms with Gasteiger partial charge in [-0.1, -0.05) is 60.8 Å². The van der Waals surface area contributed by atoms with Crippen molar-refractivity contribution in [1.29, 1.82) is 0 Å². The first-order valence-electron chi connectivity index (χ1n) is 9.49. The lowest BCUT2D eigenvalue weighted by Crippen LogP contribution is -2.15. The van der Waals surface area contributed by atoms with Crippen LogP contribution in [0.3, 0.4) is 0 Å². The average molecular weight is 402 g/mol. The van der Waals surface area contributed by atoms with Crippen molar-refractivity contribution < 1.29 is 0 Å². The van der Waals surface area contributed by atoms with Gasteiger partial charge < -0.3 is 4.57 Å². The van der Waals surface area contributed by atoms with Gasteiger partial charge in [0.05, 0.1) is 11.4 Å². The predicted octanol–water partition coefficient (Wildman–Crippen LogP) is 5.53. The van der Waals surface area contributed by atoms with Gasteiger partial charge in [-0.25, -0.2) is 4.68 Å². The van der Waals surface area contributed by atoms with Crippen LogP contribution in [0.5, 0.6) is 0 Å². The summed E-state index contributed by atoms with van der Waals surface area (Å²) < 4.78 is 4.14. The average Bonchev–Trinajstić information content (AvgIpc) is 3.21. The van der Waals surface area contributed by atoms with Gasteiger partial charge in [0.2, 0.25) is 0 Å². The first kappa shape index (κ1) is 18.6. The van der Waals surface area contributed by atoms with Crippen LogP contribution in [0.4, 0.5) is 0 Å². The van der Waals surface area contributed by atoms with E-state index >= 15 is 0 Å². The van der Waals surface area contributed by atoms with Crippen molar-refractivity contribution >= 4 is 23.4 Å². The van der Waals surface area contributed by atoms with Gasteiger partial charge in [0.25, 0.3) is 0 Å². The third kappa shape index (κ3) is 3.78. The van der Waals surface area contributed by atoms with E-state index in [4.69, 9.17) is 11.6 Å². The summed E-state index contributed by atoms with van der Waals surface area (Å²) in [7, 11) is 0. The highest BCUT2D eigenvalue weighted by Crippen LogP contribution is 2.35. The fraction of sp³-hybridized carbons (Fsp3) is 0.450. The second-order valence-electron chi connectivity index (χ2n) is 7.08. The van der Waals surface area contributed by atoms with Gasteiger partial charge in [-0.15, -0.1) is 10.2 Å². The highest BCUT2D eigenvalue weighted by Gasteiger charge is 2.22. The molecule has 0 N–H and O–H groups in total. The topological polar surface area (TPSA) is 48.5 Å². The van der Waals surface area contributed by atoms with E-state index in [0.29, 0.717) is 11.2 Å². The van der Waals surface area contributed by atoms with Crippen molar-refractivity contribution in [3.8, 4) is 5.69 Å². The largest absolute Gasteiger partial charge is 0.303 e. The van der Waals surface area contributed by atoms with E-state index in [1.165, 1.54) is 32.1 Å². The van der Waals surface area contributed by atoms with Crippen LogP contribution in [0, 0.1) is 13.8 Å². The minimum Gasteiger partial charge on any atom is -0.303 e. The van der Waals surface area contributed by atoms with Crippen molar-refractivity contribution in [3.63, 3.8) is 0 Å². The normalized spacial score (nSPS) is 15.4. The molecular weight excluding hydrogens is 378 g/mol. The Labute approximate surface area is 169 Å². The van der Waals surface area contributed by atoms with Crippen LogP contribution in [0.25, 0.3) is 5.69 Å². The second kappa shape index (κ2) is 8.07. The number of hydrogen-bond acceptors (Lipinski definition) is 4. The van der Waals surface area contributed by atoms with E-state index in [-0.39, 0.29) is 0 Å². The number of rotatable bonds is 5. The number of thioether (sulfide) groups is 1. The van der Waals surface area contributed by atoms with Gasteiger partial charge in [-0.3, -0.25) is 0 Å². The van der Waals surface area contributed by atoms with Crippen molar-refractivity contribution in [2.75, 3.05) is 0 Å². The molecule has 2 aromatic heterocycles. The summed E-state index contributed by atoms with van der Waals surface area (Å²) in [6.45, 7) is 4.07. The lowest BCUT2D eigenvalue weighted by molar-refractivity contribution is 0.332. The smallest absolute Gasteiger partial charge is 0.191 e. The molecule has 27 heavy (non-hydrogen) atoms. The Bertz CT molecular complexity index is 912. The molecule has 0 unspecified atom stereocenters. The lowest BCUT2D eigenvalue weighted by Gasteiger charge is -2.25. The van der Waals surface area contributed by atoms with Crippen molar-refractivity contribution in [1.82, 2.24) is 24.5 Å². The SMILES string of the molecule is Cc1nn(-c2ccccc2)c(Cl)c1CSc1nnc(C)n1C1CCCCC1. The zero-order chi connectivity index (χ0) is 18.8. The first-order chi connectivity index (χ1) is 13.1. The summed E-state index contributed by atoms with van der Waals surface area (Å²) in [6.07, 6.45) is 6.37. The monoisotopic (exact) mass is 401 g/mol. The van der Waals surface area contributed by atoms with Crippen LogP contribution < -0.4 is 0 Å². The van der Waals surface area contributed by atoms with E-state index in [0.717, 1.165) is 33.7 Å². The summed E-state index contributed by atoms with van der Waals surface area (Å²) in [5.41, 5.74) is 2.99. The maximum Gasteiger partial charge on any atom is 0.191 e. The van der Waals surface area contributed by atoms with Gasteiger partial charge in [0.1, 0.15) is 11.0 Å². The Hall–Kier alpha value is -1.79. The Morgan fingerprint density at radius 1 is 1.07 bits per heavy atom. The molecule has 1 aliphatic rings. The summed E-state index contributed by atoms with van der Waals surface area (Å²) in [5.74, 6) is 1.75. The van der Waals surface area contributed by atoms with Crippen LogP contribution in [0.15, 0.2) is 35.5 Å². The van der Waals surface area contributed by atoms with Crippen molar-refractivity contribution in [3.05, 3.63) is 52.6 Å². The Kier molecular flexibility index (Phi) is 5.55. The van der Waals surface area contributed by atoms with Gasteiger partial charge in [0.15, 0.2) is 5.16 Å². The van der Waals surface area contributed by atoms with E-state index in [9.17, 15) is 0 Å². The van der Waals surface area contributed by atoms with E-state index in [1.54, 1.807) is 11.8 Å². The third-order valence-electron chi connectivity index (χ3n) is 5.24. The molecule has 1 fully saturated rings. The Morgan fingerprint density at radius 3 is 2.56 bits per heavy atom. The standard InChI is InChI=1S/C20H24ClN5S/c1-14-18(19(21)26(24-14)17-11-7-4-8-12-17)13-27-20-23-22-15(2)25(20)16-9-5-3-6-10-16/h4,7-8,11-12,16H,3,5-6,9-10,13H2,1-2H3. The second-order valence-corrected chi connectivity index (χ2v) is 8.38. The molecule has 0 amide bonds. The molecule has 0 atom stereocenters. The molecule has 0 bridgehead atoms. The molecule has 2 heterocycles. The summed E-state index contributed by atoms with van der Waals surface area (Å²) in [5, 5.41) is 15.1. The van der Waals surface area contributed by atoms with Gasteiger partial charge in [0, 0.05) is 17.4 Å². The van der Waals surface area contributed by atoms with Gasteiger partial charge in [-0.2, -0.15) is 5.10 Å². The zero-order valence-electron chi connectivity index (χ0n) is 15.7. The molecule has 5 nitrogen and oxygen atoms in total. The van der Waals surface area contributed by atoms with Crippen LogP contribution in [0.2, 0.25) is 5.15 Å². The van der Waals surface area contributed by atoms with E-state index in [2.05, 4.69) is 26.8 Å². The Balaban J connectivity index is 1.56. The number of nitrogens with zero attached hydrogens (tertiary/aromatic N) is 5. The number of aryl methyl sites for hydroxylation is 2. The lowest BCUT2D eigenvalue weighted by atomic mass is 9.95. The van der Waals surface area contributed by atoms with Crippen LogP contribution >= 0.6 is 23.4 Å². The highest BCUT2D eigenvalue weighted by atomic mass is 35.5. The quantitative estimate of drug-likeness (QED) is 0.527. The van der Waals surface area contributed by atoms with Gasteiger partial charge >= 0.3 is 0 Å². The summed E-state index contributed by atoms with van der Waals surface area (Å²) in [6, 6.07) is 10.5. The molecule has 7 heteroatoms.